The van der Waals surface area contributed by atoms with Crippen molar-refractivity contribution >= 4 is 0 Å². The Morgan fingerprint density at radius 1 is 1.26 bits per heavy atom. The van der Waals surface area contributed by atoms with Crippen molar-refractivity contribution in [2.75, 3.05) is 6.54 Å². The summed E-state index contributed by atoms with van der Waals surface area (Å²) >= 11 is 0. The van der Waals surface area contributed by atoms with Crippen LogP contribution in [0.2, 0.25) is 0 Å². The fourth-order valence-corrected chi connectivity index (χ4v) is 1.61. The lowest BCUT2D eigenvalue weighted by Gasteiger charge is -2.08. The van der Waals surface area contributed by atoms with Gasteiger partial charge >= 0.3 is 0 Å². The lowest BCUT2D eigenvalue weighted by atomic mass is 10.2. The Bertz CT molecular complexity index is 553. The monoisotopic (exact) mass is 267 g/mol. The van der Waals surface area contributed by atoms with Crippen molar-refractivity contribution in [1.82, 2.24) is 25.5 Å². The lowest BCUT2D eigenvalue weighted by Crippen LogP contribution is -2.21. The molecule has 0 unspecified atom stereocenters. The molecule has 0 amide bonds. The van der Waals surface area contributed by atoms with E-state index in [4.69, 9.17) is 0 Å². The number of nitrogens with one attached hydrogen (secondary N) is 1. The van der Waals surface area contributed by atoms with E-state index in [1.54, 1.807) is 0 Å². The second-order valence-corrected chi connectivity index (χ2v) is 4.63. The molecule has 0 radical (unpaired) electrons. The van der Waals surface area contributed by atoms with Crippen LogP contribution in [0.15, 0.2) is 18.2 Å². The van der Waals surface area contributed by atoms with E-state index >= 15 is 0 Å². The van der Waals surface area contributed by atoms with E-state index in [2.05, 4.69) is 34.7 Å². The van der Waals surface area contributed by atoms with Gasteiger partial charge in [-0.25, -0.2) is 8.78 Å². The van der Waals surface area contributed by atoms with Crippen LogP contribution < -0.4 is 5.32 Å². The van der Waals surface area contributed by atoms with E-state index < -0.39 is 11.6 Å². The number of hydrogen-bond donors (Lipinski definition) is 1. The number of hydrogen-bond acceptors (Lipinski definition) is 4. The zero-order valence-electron chi connectivity index (χ0n) is 10.8. The topological polar surface area (TPSA) is 55.6 Å². The zero-order chi connectivity index (χ0) is 13.8. The minimum atomic E-state index is -0.922. The summed E-state index contributed by atoms with van der Waals surface area (Å²) in [6.45, 7) is 5.46. The van der Waals surface area contributed by atoms with Gasteiger partial charge in [-0.15, -0.1) is 5.10 Å². The fraction of sp³-hybridized carbons (Fsp3) is 0.417. The van der Waals surface area contributed by atoms with Gasteiger partial charge in [-0.05, 0) is 35.0 Å². The average Bonchev–Trinajstić information content (AvgIpc) is 2.80. The number of rotatable bonds is 5. The molecule has 1 aromatic carbocycles. The molecule has 0 saturated carbocycles. The number of tetrazole rings is 1. The molecule has 1 N–H and O–H groups in total. The molecule has 7 heteroatoms. The highest BCUT2D eigenvalue weighted by Gasteiger charge is 2.10. The van der Waals surface area contributed by atoms with Crippen LogP contribution in [0.3, 0.4) is 0 Å². The van der Waals surface area contributed by atoms with Crippen LogP contribution in [0.4, 0.5) is 8.78 Å². The largest absolute Gasteiger partial charge is 0.310 e. The molecule has 0 atom stereocenters. The fourth-order valence-electron chi connectivity index (χ4n) is 1.61. The molecule has 0 saturated heterocycles. The Morgan fingerprint density at radius 2 is 2.05 bits per heavy atom. The molecule has 0 fully saturated rings. The molecule has 0 bridgehead atoms. The first-order chi connectivity index (χ1) is 9.08. The molecule has 0 aliphatic heterocycles. The van der Waals surface area contributed by atoms with Gasteiger partial charge in [0.15, 0.2) is 17.5 Å². The first-order valence-corrected chi connectivity index (χ1v) is 6.01. The van der Waals surface area contributed by atoms with Gasteiger partial charge in [-0.2, -0.15) is 4.68 Å². The summed E-state index contributed by atoms with van der Waals surface area (Å²) in [6.07, 6.45) is 0. The van der Waals surface area contributed by atoms with Crippen LogP contribution in [0.1, 0.15) is 19.7 Å². The highest BCUT2D eigenvalue weighted by molar-refractivity contribution is 5.32. The summed E-state index contributed by atoms with van der Waals surface area (Å²) in [4.78, 5) is 0. The molecule has 0 spiro atoms. The zero-order valence-corrected chi connectivity index (χ0v) is 10.8. The standard InChI is InChI=1S/C12H15F2N5/c1-8(2)6-15-7-12-16-17-18-19(12)9-3-4-10(13)11(14)5-9/h3-5,8,15H,6-7H2,1-2H3. The van der Waals surface area contributed by atoms with Crippen molar-refractivity contribution in [3.05, 3.63) is 35.7 Å². The first kappa shape index (κ1) is 13.5. The number of halogens is 2. The molecule has 19 heavy (non-hydrogen) atoms. The van der Waals surface area contributed by atoms with E-state index in [1.807, 2.05) is 0 Å². The minimum Gasteiger partial charge on any atom is -0.310 e. The van der Waals surface area contributed by atoms with Gasteiger partial charge in [-0.1, -0.05) is 13.8 Å². The molecule has 0 aliphatic carbocycles. The quantitative estimate of drug-likeness (QED) is 0.895. The van der Waals surface area contributed by atoms with Crippen molar-refractivity contribution in [1.29, 1.82) is 0 Å². The predicted octanol–water partition coefficient (Wildman–Crippen LogP) is 1.69. The van der Waals surface area contributed by atoms with Crippen molar-refractivity contribution in [2.45, 2.75) is 20.4 Å². The maximum Gasteiger partial charge on any atom is 0.170 e. The van der Waals surface area contributed by atoms with Gasteiger partial charge in [0.2, 0.25) is 0 Å². The molecule has 1 heterocycles. The molecule has 2 rings (SSSR count). The smallest absolute Gasteiger partial charge is 0.170 e. The number of aromatic nitrogens is 4. The van der Waals surface area contributed by atoms with Gasteiger partial charge in [-0.3, -0.25) is 0 Å². The van der Waals surface area contributed by atoms with Crippen LogP contribution in [-0.4, -0.2) is 26.8 Å². The summed E-state index contributed by atoms with van der Waals surface area (Å²) in [7, 11) is 0. The van der Waals surface area contributed by atoms with Crippen molar-refractivity contribution in [3.63, 3.8) is 0 Å². The molecule has 5 nitrogen and oxygen atoms in total. The van der Waals surface area contributed by atoms with E-state index in [-0.39, 0.29) is 0 Å². The summed E-state index contributed by atoms with van der Waals surface area (Å²) in [5, 5.41) is 14.4. The summed E-state index contributed by atoms with van der Waals surface area (Å²) in [5.41, 5.74) is 0.394. The summed E-state index contributed by atoms with van der Waals surface area (Å²) in [6, 6.07) is 3.55. The maximum atomic E-state index is 13.2. The minimum absolute atomic E-state index is 0.394. The molecule has 1 aromatic heterocycles. The maximum absolute atomic E-state index is 13.2. The van der Waals surface area contributed by atoms with Crippen LogP contribution in [0.5, 0.6) is 0 Å². The SMILES string of the molecule is CC(C)CNCc1nnnn1-c1ccc(F)c(F)c1. The molecule has 0 aliphatic rings. The van der Waals surface area contributed by atoms with Crippen LogP contribution in [-0.2, 0) is 6.54 Å². The highest BCUT2D eigenvalue weighted by Crippen LogP contribution is 2.13. The van der Waals surface area contributed by atoms with Gasteiger partial charge in [0.25, 0.3) is 0 Å². The van der Waals surface area contributed by atoms with E-state index in [9.17, 15) is 8.78 Å². The Hall–Kier alpha value is -1.89. The second kappa shape index (κ2) is 5.83. The van der Waals surface area contributed by atoms with Gasteiger partial charge < -0.3 is 5.32 Å². The Labute approximate surface area is 109 Å². The Balaban J connectivity index is 2.16. The molecular weight excluding hydrogens is 252 g/mol. The molecular formula is C12H15F2N5. The predicted molar refractivity (Wildman–Crippen MR) is 65.6 cm³/mol. The third-order valence-corrected chi connectivity index (χ3v) is 2.52. The lowest BCUT2D eigenvalue weighted by molar-refractivity contribution is 0.506. The van der Waals surface area contributed by atoms with Crippen molar-refractivity contribution in [2.24, 2.45) is 5.92 Å². The van der Waals surface area contributed by atoms with Gasteiger partial charge in [0.1, 0.15) is 0 Å². The van der Waals surface area contributed by atoms with E-state index in [0.29, 0.717) is 24.0 Å². The van der Waals surface area contributed by atoms with Crippen LogP contribution in [0.25, 0.3) is 5.69 Å². The normalized spacial score (nSPS) is 11.2. The molecule has 102 valence electrons. The van der Waals surface area contributed by atoms with Gasteiger partial charge in [0, 0.05) is 6.07 Å². The van der Waals surface area contributed by atoms with Crippen LogP contribution >= 0.6 is 0 Å². The highest BCUT2D eigenvalue weighted by atomic mass is 19.2. The van der Waals surface area contributed by atoms with Crippen LogP contribution in [0, 0.1) is 17.6 Å². The van der Waals surface area contributed by atoms with Crippen molar-refractivity contribution in [3.8, 4) is 5.69 Å². The first-order valence-electron chi connectivity index (χ1n) is 6.01. The van der Waals surface area contributed by atoms with Gasteiger partial charge in [0.05, 0.1) is 12.2 Å². The summed E-state index contributed by atoms with van der Waals surface area (Å²) < 4.78 is 27.5. The molecule has 2 aromatic rings. The summed E-state index contributed by atoms with van der Waals surface area (Å²) in [5.74, 6) is -0.760. The van der Waals surface area contributed by atoms with Crippen molar-refractivity contribution < 1.29 is 8.78 Å². The average molecular weight is 267 g/mol. The second-order valence-electron chi connectivity index (χ2n) is 4.63. The third kappa shape index (κ3) is 3.31. The van der Waals surface area contributed by atoms with E-state index in [1.165, 1.54) is 10.7 Å². The third-order valence-electron chi connectivity index (χ3n) is 2.52. The number of benzene rings is 1. The Kier molecular flexibility index (Phi) is 4.16. The Morgan fingerprint density at radius 3 is 2.74 bits per heavy atom. The number of nitrogens with zero attached hydrogens (tertiary/aromatic N) is 4. The van der Waals surface area contributed by atoms with E-state index in [0.717, 1.165) is 18.7 Å².